The van der Waals surface area contributed by atoms with Crippen LogP contribution >= 0.6 is 0 Å². The summed E-state index contributed by atoms with van der Waals surface area (Å²) in [6, 6.07) is 0.685. The van der Waals surface area contributed by atoms with Gasteiger partial charge in [-0.25, -0.2) is 8.42 Å². The van der Waals surface area contributed by atoms with Crippen LogP contribution in [0.1, 0.15) is 60.3 Å². The van der Waals surface area contributed by atoms with Crippen molar-refractivity contribution in [2.75, 3.05) is 13.1 Å². The summed E-state index contributed by atoms with van der Waals surface area (Å²) in [5, 5.41) is 2.99. The second-order valence-electron chi connectivity index (χ2n) is 6.47. The van der Waals surface area contributed by atoms with E-state index in [-0.39, 0.29) is 11.3 Å². The standard InChI is InChI=1S/C15H32N2O2S/c1-6-15(7-2)17(11-12(3)4)20(18,19)13(5)10-16-14-8-9-14/h12-16H,6-11H2,1-5H3. The van der Waals surface area contributed by atoms with Gasteiger partial charge in [0, 0.05) is 25.2 Å². The van der Waals surface area contributed by atoms with Gasteiger partial charge in [-0.05, 0) is 38.5 Å². The molecule has 1 rings (SSSR count). The lowest BCUT2D eigenvalue weighted by molar-refractivity contribution is 0.274. The summed E-state index contributed by atoms with van der Waals surface area (Å²) in [6.45, 7) is 11.3. The zero-order valence-electron chi connectivity index (χ0n) is 13.7. The molecule has 0 aromatic carbocycles. The molecule has 20 heavy (non-hydrogen) atoms. The van der Waals surface area contributed by atoms with Gasteiger partial charge in [-0.3, -0.25) is 0 Å². The monoisotopic (exact) mass is 304 g/mol. The van der Waals surface area contributed by atoms with Gasteiger partial charge in [-0.2, -0.15) is 4.31 Å². The average molecular weight is 305 g/mol. The lowest BCUT2D eigenvalue weighted by Crippen LogP contribution is -2.48. The van der Waals surface area contributed by atoms with Gasteiger partial charge >= 0.3 is 0 Å². The molecule has 120 valence electrons. The highest BCUT2D eigenvalue weighted by Gasteiger charge is 2.34. The molecule has 0 spiro atoms. The Labute approximate surface area is 125 Å². The van der Waals surface area contributed by atoms with Crippen molar-refractivity contribution < 1.29 is 8.42 Å². The molecule has 0 aromatic rings. The normalized spacial score (nSPS) is 18.2. The molecular formula is C15H32N2O2S. The predicted molar refractivity (Wildman–Crippen MR) is 85.3 cm³/mol. The van der Waals surface area contributed by atoms with Crippen molar-refractivity contribution in [1.29, 1.82) is 0 Å². The van der Waals surface area contributed by atoms with Gasteiger partial charge in [0.05, 0.1) is 5.25 Å². The van der Waals surface area contributed by atoms with Crippen molar-refractivity contribution in [2.45, 2.75) is 77.6 Å². The van der Waals surface area contributed by atoms with E-state index in [9.17, 15) is 8.42 Å². The molecule has 4 nitrogen and oxygen atoms in total. The highest BCUT2D eigenvalue weighted by molar-refractivity contribution is 7.89. The Balaban J connectivity index is 2.78. The molecule has 0 saturated heterocycles. The smallest absolute Gasteiger partial charge is 0.218 e. The number of hydrogen-bond donors (Lipinski definition) is 1. The van der Waals surface area contributed by atoms with Gasteiger partial charge in [-0.15, -0.1) is 0 Å². The Morgan fingerprint density at radius 1 is 1.15 bits per heavy atom. The summed E-state index contributed by atoms with van der Waals surface area (Å²) in [6.07, 6.45) is 4.14. The summed E-state index contributed by atoms with van der Waals surface area (Å²) in [7, 11) is -3.22. The molecule has 1 atom stereocenters. The van der Waals surface area contributed by atoms with E-state index in [2.05, 4.69) is 33.0 Å². The second kappa shape index (κ2) is 7.76. The fraction of sp³-hybridized carbons (Fsp3) is 1.00. The molecule has 0 amide bonds. The van der Waals surface area contributed by atoms with Crippen molar-refractivity contribution in [3.63, 3.8) is 0 Å². The molecule has 0 radical (unpaired) electrons. The van der Waals surface area contributed by atoms with Gasteiger partial charge in [0.1, 0.15) is 0 Å². The maximum atomic E-state index is 12.8. The van der Waals surface area contributed by atoms with Crippen LogP contribution in [0.4, 0.5) is 0 Å². The van der Waals surface area contributed by atoms with Gasteiger partial charge in [0.15, 0.2) is 0 Å². The molecule has 1 aliphatic carbocycles. The molecule has 1 saturated carbocycles. The van der Waals surface area contributed by atoms with Crippen LogP contribution in [0.3, 0.4) is 0 Å². The van der Waals surface area contributed by atoms with Gasteiger partial charge in [0.25, 0.3) is 0 Å². The summed E-state index contributed by atoms with van der Waals surface area (Å²) in [4.78, 5) is 0. The van der Waals surface area contributed by atoms with E-state index >= 15 is 0 Å². The van der Waals surface area contributed by atoms with Gasteiger partial charge < -0.3 is 5.32 Å². The third kappa shape index (κ3) is 5.01. The first-order chi connectivity index (χ1) is 9.32. The first-order valence-corrected chi connectivity index (χ1v) is 9.57. The SMILES string of the molecule is CCC(CC)N(CC(C)C)S(=O)(=O)C(C)CNC1CC1. The highest BCUT2D eigenvalue weighted by atomic mass is 32.2. The maximum absolute atomic E-state index is 12.8. The van der Waals surface area contributed by atoms with Crippen molar-refractivity contribution in [2.24, 2.45) is 5.92 Å². The summed E-state index contributed by atoms with van der Waals surface area (Å²) in [5.74, 6) is 0.356. The second-order valence-corrected chi connectivity index (χ2v) is 8.78. The van der Waals surface area contributed by atoms with Gasteiger partial charge in [0.2, 0.25) is 10.0 Å². The van der Waals surface area contributed by atoms with Crippen LogP contribution in [0.25, 0.3) is 0 Å². The Bertz CT molecular complexity index is 373. The van der Waals surface area contributed by atoms with Crippen LogP contribution in [-0.4, -0.2) is 43.1 Å². The fourth-order valence-corrected chi connectivity index (χ4v) is 4.46. The summed E-state index contributed by atoms with van der Waals surface area (Å²) in [5.41, 5.74) is 0. The number of nitrogens with one attached hydrogen (secondary N) is 1. The van der Waals surface area contributed by atoms with E-state index in [1.54, 1.807) is 4.31 Å². The third-order valence-corrected chi connectivity index (χ3v) is 6.29. The maximum Gasteiger partial charge on any atom is 0.218 e. The summed E-state index contributed by atoms with van der Waals surface area (Å²) >= 11 is 0. The third-order valence-electron chi connectivity index (χ3n) is 4.00. The highest BCUT2D eigenvalue weighted by Crippen LogP contribution is 2.22. The molecule has 1 aliphatic rings. The molecule has 1 unspecified atom stereocenters. The summed E-state index contributed by atoms with van der Waals surface area (Å²) < 4.78 is 27.4. The first kappa shape index (κ1) is 17.9. The van der Waals surface area contributed by atoms with Crippen LogP contribution in [0.5, 0.6) is 0 Å². The van der Waals surface area contributed by atoms with E-state index in [0.29, 0.717) is 25.0 Å². The molecular weight excluding hydrogens is 272 g/mol. The van der Waals surface area contributed by atoms with E-state index in [1.165, 1.54) is 12.8 Å². The van der Waals surface area contributed by atoms with Crippen molar-refractivity contribution in [1.82, 2.24) is 9.62 Å². The minimum Gasteiger partial charge on any atom is -0.313 e. The first-order valence-electron chi connectivity index (χ1n) is 8.06. The minimum absolute atomic E-state index is 0.130. The van der Waals surface area contributed by atoms with Crippen LogP contribution in [-0.2, 0) is 10.0 Å². The number of sulfonamides is 1. The zero-order chi connectivity index (χ0) is 15.3. The van der Waals surface area contributed by atoms with Gasteiger partial charge in [-0.1, -0.05) is 27.7 Å². The van der Waals surface area contributed by atoms with Crippen molar-refractivity contribution in [3.8, 4) is 0 Å². The van der Waals surface area contributed by atoms with Crippen LogP contribution in [0, 0.1) is 5.92 Å². The average Bonchev–Trinajstić information content (AvgIpc) is 3.19. The van der Waals surface area contributed by atoms with Crippen molar-refractivity contribution in [3.05, 3.63) is 0 Å². The van der Waals surface area contributed by atoms with E-state index in [4.69, 9.17) is 0 Å². The zero-order valence-corrected chi connectivity index (χ0v) is 14.5. The van der Waals surface area contributed by atoms with Crippen LogP contribution < -0.4 is 5.32 Å². The lowest BCUT2D eigenvalue weighted by atomic mass is 10.1. The minimum atomic E-state index is -3.22. The molecule has 0 aliphatic heterocycles. The molecule has 0 bridgehead atoms. The number of hydrogen-bond acceptors (Lipinski definition) is 3. The molecule has 0 heterocycles. The Hall–Kier alpha value is -0.130. The largest absolute Gasteiger partial charge is 0.313 e. The molecule has 1 N–H and O–H groups in total. The Morgan fingerprint density at radius 2 is 1.70 bits per heavy atom. The quantitative estimate of drug-likeness (QED) is 0.675. The lowest BCUT2D eigenvalue weighted by Gasteiger charge is -2.33. The van der Waals surface area contributed by atoms with E-state index in [0.717, 1.165) is 12.8 Å². The van der Waals surface area contributed by atoms with Crippen LogP contribution in [0.15, 0.2) is 0 Å². The fourth-order valence-electron chi connectivity index (χ4n) is 2.47. The van der Waals surface area contributed by atoms with Crippen molar-refractivity contribution >= 4 is 10.0 Å². The predicted octanol–water partition coefficient (Wildman–Crippen LogP) is 2.60. The topological polar surface area (TPSA) is 49.4 Å². The van der Waals surface area contributed by atoms with Crippen LogP contribution in [0.2, 0.25) is 0 Å². The van der Waals surface area contributed by atoms with E-state index in [1.807, 2.05) is 6.92 Å². The number of nitrogens with zero attached hydrogens (tertiary/aromatic N) is 1. The molecule has 5 heteroatoms. The van der Waals surface area contributed by atoms with E-state index < -0.39 is 10.0 Å². The Kier molecular flexibility index (Phi) is 6.95. The number of rotatable bonds is 10. The molecule has 0 aromatic heterocycles. The molecule has 1 fully saturated rings. The Morgan fingerprint density at radius 3 is 2.10 bits per heavy atom.